The quantitative estimate of drug-likeness (QED) is 0.142. The Morgan fingerprint density at radius 1 is 1.03 bits per heavy atom. The fourth-order valence-electron chi connectivity index (χ4n) is 2.68. The smallest absolute Gasteiger partial charge is 0.306 e. The number of esters is 1. The van der Waals surface area contributed by atoms with E-state index in [-0.39, 0.29) is 32.7 Å². The van der Waals surface area contributed by atoms with Crippen molar-refractivity contribution >= 4 is 23.4 Å². The van der Waals surface area contributed by atoms with Gasteiger partial charge in [-0.25, -0.2) is 0 Å². The van der Waals surface area contributed by atoms with Gasteiger partial charge in [-0.1, -0.05) is 11.6 Å². The zero-order valence-electron chi connectivity index (χ0n) is 17.5. The van der Waals surface area contributed by atoms with Crippen molar-refractivity contribution in [1.29, 1.82) is 0 Å². The maximum absolute atomic E-state index is 11.8. The molecule has 0 bridgehead atoms. The number of aliphatic hydroxyl groups excluding tert-OH is 5. The van der Waals surface area contributed by atoms with E-state index in [4.69, 9.17) is 30.5 Å². The first-order valence-electron chi connectivity index (χ1n) is 10.1. The Kier molecular flexibility index (Phi) is 11.0. The Hall–Kier alpha value is -2.25. The number of allylic oxidation sites excluding steroid dienone is 1. The number of rotatable bonds is 12. The molecular weight excluding hydrogens is 464 g/mol. The van der Waals surface area contributed by atoms with Crippen molar-refractivity contribution in [3.63, 3.8) is 0 Å². The van der Waals surface area contributed by atoms with Crippen LogP contribution in [-0.4, -0.2) is 93.9 Å². The molecule has 0 aromatic heterocycles. The molecule has 0 amide bonds. The Labute approximate surface area is 194 Å². The van der Waals surface area contributed by atoms with Gasteiger partial charge < -0.3 is 44.5 Å². The van der Waals surface area contributed by atoms with Gasteiger partial charge in [0.1, 0.15) is 56.1 Å². The summed E-state index contributed by atoms with van der Waals surface area (Å²) in [6, 6.07) is 6.52. The molecular formula is C21H27ClO11. The van der Waals surface area contributed by atoms with Gasteiger partial charge in [-0.2, -0.15) is 0 Å². The number of hydrogen-bond donors (Lipinski definition) is 5. The van der Waals surface area contributed by atoms with Crippen molar-refractivity contribution in [3.8, 4) is 5.75 Å². The third-order valence-electron chi connectivity index (χ3n) is 4.57. The molecule has 1 saturated heterocycles. The number of carbonyl (C=O) groups is 2. The fourth-order valence-corrected chi connectivity index (χ4v) is 2.81. The number of hydrogen-bond acceptors (Lipinski definition) is 11. The number of ether oxygens (including phenoxy) is 4. The molecule has 1 aliphatic heterocycles. The van der Waals surface area contributed by atoms with Gasteiger partial charge in [0.25, 0.3) is 0 Å². The maximum Gasteiger partial charge on any atom is 0.306 e. The molecule has 1 aliphatic rings. The van der Waals surface area contributed by atoms with Crippen molar-refractivity contribution in [2.75, 3.05) is 19.8 Å². The molecule has 1 fully saturated rings. The largest absolute Gasteiger partial charge is 0.498 e. The van der Waals surface area contributed by atoms with Crippen LogP contribution in [0.3, 0.4) is 0 Å². The van der Waals surface area contributed by atoms with E-state index in [1.807, 2.05) is 0 Å². The molecule has 0 radical (unpaired) electrons. The summed E-state index contributed by atoms with van der Waals surface area (Å²) < 4.78 is 20.2. The van der Waals surface area contributed by atoms with Gasteiger partial charge in [0.05, 0.1) is 12.7 Å². The Morgan fingerprint density at radius 3 is 2.42 bits per heavy atom. The van der Waals surface area contributed by atoms with Crippen LogP contribution in [0.1, 0.15) is 12.8 Å². The molecule has 12 heteroatoms. The average molecular weight is 491 g/mol. The zero-order chi connectivity index (χ0) is 24.4. The number of halogens is 1. The molecule has 6 atom stereocenters. The first-order chi connectivity index (χ1) is 15.7. The normalized spacial score (nSPS) is 26.1. The molecule has 0 saturated carbocycles. The molecule has 1 heterocycles. The number of aliphatic hydroxyl groups is 5. The third kappa shape index (κ3) is 9.26. The number of benzene rings is 1. The van der Waals surface area contributed by atoms with Crippen LogP contribution >= 0.6 is 11.6 Å². The van der Waals surface area contributed by atoms with Crippen molar-refractivity contribution < 1.29 is 54.1 Å². The summed E-state index contributed by atoms with van der Waals surface area (Å²) >= 11 is 5.76. The molecule has 184 valence electrons. The van der Waals surface area contributed by atoms with Gasteiger partial charge in [0.2, 0.25) is 0 Å². The summed E-state index contributed by atoms with van der Waals surface area (Å²) in [5, 5.41) is 48.5. The first-order valence-corrected chi connectivity index (χ1v) is 10.5. The lowest BCUT2D eigenvalue weighted by molar-refractivity contribution is -0.286. The van der Waals surface area contributed by atoms with E-state index in [1.54, 1.807) is 24.3 Å². The van der Waals surface area contributed by atoms with E-state index < -0.39 is 48.6 Å². The summed E-state index contributed by atoms with van der Waals surface area (Å²) in [5.74, 6) is -0.624. The Bertz CT molecular complexity index is 785. The fraction of sp³-hybridized carbons (Fsp3) is 0.524. The van der Waals surface area contributed by atoms with Gasteiger partial charge in [-0.3, -0.25) is 9.59 Å². The Morgan fingerprint density at radius 2 is 1.73 bits per heavy atom. The molecule has 5 N–H and O–H groups in total. The van der Waals surface area contributed by atoms with Crippen LogP contribution in [-0.2, 0) is 23.8 Å². The van der Waals surface area contributed by atoms with Crippen LogP contribution in [0.5, 0.6) is 5.75 Å². The van der Waals surface area contributed by atoms with Crippen LogP contribution in [0, 0.1) is 0 Å². The van der Waals surface area contributed by atoms with E-state index >= 15 is 0 Å². The SMILES string of the molecule is O=C(/C=C/OC[C@H]1OC(O)[C@@H](O)[C@@H](O)[C@@H]1O)CCC(=O)OCC(O)COc1ccc(Cl)cc1. The van der Waals surface area contributed by atoms with Gasteiger partial charge in [0, 0.05) is 17.5 Å². The molecule has 1 aromatic rings. The van der Waals surface area contributed by atoms with Crippen LogP contribution in [0.2, 0.25) is 5.02 Å². The van der Waals surface area contributed by atoms with E-state index in [9.17, 15) is 35.1 Å². The minimum Gasteiger partial charge on any atom is -0.498 e. The Balaban J connectivity index is 1.58. The van der Waals surface area contributed by atoms with Crippen molar-refractivity contribution in [2.45, 2.75) is 49.7 Å². The highest BCUT2D eigenvalue weighted by Gasteiger charge is 2.43. The third-order valence-corrected chi connectivity index (χ3v) is 4.82. The first kappa shape index (κ1) is 27.0. The second kappa shape index (κ2) is 13.5. The average Bonchev–Trinajstić information content (AvgIpc) is 2.80. The van der Waals surface area contributed by atoms with Gasteiger partial charge in [-0.15, -0.1) is 0 Å². The summed E-state index contributed by atoms with van der Waals surface area (Å²) in [6.07, 6.45) is -6.91. The van der Waals surface area contributed by atoms with E-state index in [1.165, 1.54) is 0 Å². The van der Waals surface area contributed by atoms with Crippen LogP contribution in [0.4, 0.5) is 0 Å². The standard InChI is InChI=1S/C21H27ClO11/c22-12-1-4-15(5-2-12)31-9-14(24)10-32-17(25)6-3-13(23)7-8-30-11-16-18(26)19(27)20(28)21(29)33-16/h1-2,4-5,7-8,14,16,18-21,24,26-29H,3,6,9-11H2/b8-7+/t14?,16-,18-,19+,20+,21?/m1/s1. The summed E-state index contributed by atoms with van der Waals surface area (Å²) in [7, 11) is 0. The second-order valence-corrected chi connectivity index (χ2v) is 7.68. The van der Waals surface area contributed by atoms with Crippen molar-refractivity contribution in [3.05, 3.63) is 41.6 Å². The van der Waals surface area contributed by atoms with Gasteiger partial charge >= 0.3 is 5.97 Å². The molecule has 2 unspecified atom stereocenters. The molecule has 0 spiro atoms. The van der Waals surface area contributed by atoms with Crippen LogP contribution in [0.25, 0.3) is 0 Å². The minimum atomic E-state index is -1.68. The lowest BCUT2D eigenvalue weighted by Gasteiger charge is -2.37. The summed E-state index contributed by atoms with van der Waals surface area (Å²) in [5.41, 5.74) is 0. The predicted octanol–water partition coefficient (Wildman–Crippen LogP) is -0.698. The van der Waals surface area contributed by atoms with Gasteiger partial charge in [-0.05, 0) is 24.3 Å². The predicted molar refractivity (Wildman–Crippen MR) is 112 cm³/mol. The van der Waals surface area contributed by atoms with Crippen molar-refractivity contribution in [1.82, 2.24) is 0 Å². The monoisotopic (exact) mass is 490 g/mol. The number of carbonyl (C=O) groups excluding carboxylic acids is 2. The van der Waals surface area contributed by atoms with Crippen molar-refractivity contribution in [2.24, 2.45) is 0 Å². The summed E-state index contributed by atoms with van der Waals surface area (Å²) in [4.78, 5) is 23.5. The maximum atomic E-state index is 11.8. The molecule has 0 aliphatic carbocycles. The zero-order valence-corrected chi connectivity index (χ0v) is 18.3. The topological polar surface area (TPSA) is 172 Å². The van der Waals surface area contributed by atoms with Crippen LogP contribution in [0.15, 0.2) is 36.6 Å². The molecule has 1 aromatic carbocycles. The second-order valence-electron chi connectivity index (χ2n) is 7.24. The minimum absolute atomic E-state index is 0.0969. The highest BCUT2D eigenvalue weighted by atomic mass is 35.5. The van der Waals surface area contributed by atoms with E-state index in [2.05, 4.69) is 0 Å². The lowest BCUT2D eigenvalue weighted by Crippen LogP contribution is -2.58. The van der Waals surface area contributed by atoms with E-state index in [0.717, 1.165) is 12.3 Å². The summed E-state index contributed by atoms with van der Waals surface area (Å²) in [6.45, 7) is -0.695. The van der Waals surface area contributed by atoms with Crippen LogP contribution < -0.4 is 4.74 Å². The molecule has 2 rings (SSSR count). The highest BCUT2D eigenvalue weighted by molar-refractivity contribution is 6.30. The molecule has 11 nitrogen and oxygen atoms in total. The number of ketones is 1. The van der Waals surface area contributed by atoms with E-state index in [0.29, 0.717) is 10.8 Å². The molecule has 33 heavy (non-hydrogen) atoms. The highest BCUT2D eigenvalue weighted by Crippen LogP contribution is 2.20. The lowest BCUT2D eigenvalue weighted by atomic mass is 9.99. The van der Waals surface area contributed by atoms with Gasteiger partial charge in [0.15, 0.2) is 12.1 Å².